The summed E-state index contributed by atoms with van der Waals surface area (Å²) < 4.78 is 11.6. The Morgan fingerprint density at radius 1 is 0.926 bits per heavy atom. The molecule has 0 radical (unpaired) electrons. The van der Waals surface area contributed by atoms with Crippen molar-refractivity contribution in [3.05, 3.63) is 94.5 Å². The average molecular weight is 382 g/mol. The molecule has 1 atom stereocenters. The second kappa shape index (κ2) is 9.45. The quantitative estimate of drug-likeness (QED) is 0.536. The van der Waals surface area contributed by atoms with Crippen molar-refractivity contribution in [2.24, 2.45) is 0 Å². The molecule has 0 aromatic heterocycles. The molecule has 27 heavy (non-hydrogen) atoms. The van der Waals surface area contributed by atoms with E-state index in [2.05, 4.69) is 42.6 Å². The standard InChI is InChI=1S/C23H24ClNO2/c1-17(19-7-4-3-5-8-19)25-15-20-9-6-10-22(26-2)23(20)27-16-18-11-13-21(24)14-12-18/h3-14,17,25H,15-16H2,1-2H3/t17-/m1/s1. The molecule has 3 aromatic rings. The average Bonchev–Trinajstić information content (AvgIpc) is 2.72. The third-order valence-corrected chi connectivity index (χ3v) is 4.73. The van der Waals surface area contributed by atoms with Crippen molar-refractivity contribution in [2.45, 2.75) is 26.1 Å². The van der Waals surface area contributed by atoms with Gasteiger partial charge in [0.2, 0.25) is 0 Å². The van der Waals surface area contributed by atoms with Gasteiger partial charge in [-0.05, 0) is 36.2 Å². The maximum absolute atomic E-state index is 6.12. The Morgan fingerprint density at radius 3 is 2.37 bits per heavy atom. The maximum atomic E-state index is 6.12. The van der Waals surface area contributed by atoms with Crippen LogP contribution in [0.3, 0.4) is 0 Å². The highest BCUT2D eigenvalue weighted by Gasteiger charge is 2.12. The van der Waals surface area contributed by atoms with Gasteiger partial charge in [0.15, 0.2) is 11.5 Å². The van der Waals surface area contributed by atoms with Crippen molar-refractivity contribution in [2.75, 3.05) is 7.11 Å². The van der Waals surface area contributed by atoms with Gasteiger partial charge in [0.05, 0.1) is 7.11 Å². The lowest BCUT2D eigenvalue weighted by Crippen LogP contribution is -2.18. The molecule has 3 rings (SSSR count). The molecule has 140 valence electrons. The van der Waals surface area contributed by atoms with E-state index in [9.17, 15) is 0 Å². The molecule has 3 aromatic carbocycles. The SMILES string of the molecule is COc1cccc(CN[C@H](C)c2ccccc2)c1OCc1ccc(Cl)cc1. The summed E-state index contributed by atoms with van der Waals surface area (Å²) in [4.78, 5) is 0. The van der Waals surface area contributed by atoms with Gasteiger partial charge in [-0.3, -0.25) is 0 Å². The van der Waals surface area contributed by atoms with Crippen molar-refractivity contribution in [1.82, 2.24) is 5.32 Å². The van der Waals surface area contributed by atoms with E-state index in [4.69, 9.17) is 21.1 Å². The molecule has 0 amide bonds. The predicted octanol–water partition coefficient (Wildman–Crippen LogP) is 5.78. The largest absolute Gasteiger partial charge is 0.493 e. The molecule has 0 spiro atoms. The van der Waals surface area contributed by atoms with Crippen molar-refractivity contribution >= 4 is 11.6 Å². The van der Waals surface area contributed by atoms with Gasteiger partial charge >= 0.3 is 0 Å². The highest BCUT2D eigenvalue weighted by molar-refractivity contribution is 6.30. The third kappa shape index (κ3) is 5.25. The summed E-state index contributed by atoms with van der Waals surface area (Å²) in [6.45, 7) is 3.30. The number of hydrogen-bond acceptors (Lipinski definition) is 3. The number of rotatable bonds is 8. The van der Waals surface area contributed by atoms with Gasteiger partial charge in [0.1, 0.15) is 6.61 Å². The summed E-state index contributed by atoms with van der Waals surface area (Å²) in [5, 5.41) is 4.28. The normalized spacial score (nSPS) is 11.8. The molecule has 0 aliphatic rings. The molecule has 0 fully saturated rings. The van der Waals surface area contributed by atoms with E-state index in [1.165, 1.54) is 5.56 Å². The van der Waals surface area contributed by atoms with Crippen LogP contribution in [0.5, 0.6) is 11.5 Å². The van der Waals surface area contributed by atoms with Crippen LogP contribution < -0.4 is 14.8 Å². The van der Waals surface area contributed by atoms with E-state index in [1.54, 1.807) is 7.11 Å². The Kier molecular flexibility index (Phi) is 6.74. The van der Waals surface area contributed by atoms with Crippen LogP contribution in [0.25, 0.3) is 0 Å². The first-order chi connectivity index (χ1) is 13.2. The first-order valence-corrected chi connectivity index (χ1v) is 9.36. The predicted molar refractivity (Wildman–Crippen MR) is 110 cm³/mol. The van der Waals surface area contributed by atoms with Crippen LogP contribution in [0, 0.1) is 0 Å². The minimum Gasteiger partial charge on any atom is -0.493 e. The molecular formula is C23H24ClNO2. The van der Waals surface area contributed by atoms with Gasteiger partial charge in [0, 0.05) is 23.2 Å². The Balaban J connectivity index is 1.71. The fraction of sp³-hybridized carbons (Fsp3) is 0.217. The molecule has 4 heteroatoms. The van der Waals surface area contributed by atoms with Gasteiger partial charge in [-0.25, -0.2) is 0 Å². The number of ether oxygens (including phenoxy) is 2. The number of nitrogens with one attached hydrogen (secondary N) is 1. The molecule has 0 aliphatic carbocycles. The van der Waals surface area contributed by atoms with E-state index in [-0.39, 0.29) is 6.04 Å². The van der Waals surface area contributed by atoms with Crippen molar-refractivity contribution in [3.8, 4) is 11.5 Å². The second-order valence-corrected chi connectivity index (χ2v) is 6.81. The highest BCUT2D eigenvalue weighted by Crippen LogP contribution is 2.32. The summed E-state index contributed by atoms with van der Waals surface area (Å²) in [7, 11) is 1.66. The number of halogens is 1. The monoisotopic (exact) mass is 381 g/mol. The molecule has 3 nitrogen and oxygen atoms in total. The van der Waals surface area contributed by atoms with Crippen molar-refractivity contribution in [1.29, 1.82) is 0 Å². The first-order valence-electron chi connectivity index (χ1n) is 8.99. The van der Waals surface area contributed by atoms with Crippen molar-refractivity contribution in [3.63, 3.8) is 0 Å². The van der Waals surface area contributed by atoms with Gasteiger partial charge in [-0.2, -0.15) is 0 Å². The van der Waals surface area contributed by atoms with E-state index in [0.29, 0.717) is 13.2 Å². The van der Waals surface area contributed by atoms with E-state index in [0.717, 1.165) is 27.6 Å². The van der Waals surface area contributed by atoms with Crippen molar-refractivity contribution < 1.29 is 9.47 Å². The summed E-state index contributed by atoms with van der Waals surface area (Å²) in [5.41, 5.74) is 3.37. The molecule has 0 aliphatic heterocycles. The number of hydrogen-bond donors (Lipinski definition) is 1. The van der Waals surface area contributed by atoms with E-state index < -0.39 is 0 Å². The molecule has 0 bridgehead atoms. The molecule has 0 saturated heterocycles. The minimum absolute atomic E-state index is 0.238. The van der Waals surface area contributed by atoms with E-state index in [1.807, 2.05) is 42.5 Å². The molecule has 0 saturated carbocycles. The smallest absolute Gasteiger partial charge is 0.166 e. The molecule has 1 N–H and O–H groups in total. The fourth-order valence-electron chi connectivity index (χ4n) is 2.88. The molecular weight excluding hydrogens is 358 g/mol. The number of para-hydroxylation sites is 1. The Morgan fingerprint density at radius 2 is 1.67 bits per heavy atom. The Labute approximate surface area is 165 Å². The second-order valence-electron chi connectivity index (χ2n) is 6.38. The maximum Gasteiger partial charge on any atom is 0.166 e. The van der Waals surface area contributed by atoms with Gasteiger partial charge in [-0.1, -0.05) is 66.2 Å². The minimum atomic E-state index is 0.238. The number of methoxy groups -OCH3 is 1. The number of benzene rings is 3. The van der Waals surface area contributed by atoms with Crippen LogP contribution in [-0.4, -0.2) is 7.11 Å². The van der Waals surface area contributed by atoms with Gasteiger partial charge in [-0.15, -0.1) is 0 Å². The Bertz CT molecular complexity index is 850. The van der Waals surface area contributed by atoms with Gasteiger partial charge < -0.3 is 14.8 Å². The summed E-state index contributed by atoms with van der Waals surface area (Å²) in [5.74, 6) is 1.50. The Hall–Kier alpha value is -2.49. The van der Waals surface area contributed by atoms with Gasteiger partial charge in [0.25, 0.3) is 0 Å². The van der Waals surface area contributed by atoms with Crippen LogP contribution in [0.2, 0.25) is 5.02 Å². The van der Waals surface area contributed by atoms with Crippen LogP contribution >= 0.6 is 11.6 Å². The fourth-order valence-corrected chi connectivity index (χ4v) is 3.01. The zero-order valence-corrected chi connectivity index (χ0v) is 16.4. The lowest BCUT2D eigenvalue weighted by molar-refractivity contribution is 0.280. The molecule has 0 unspecified atom stereocenters. The third-order valence-electron chi connectivity index (χ3n) is 4.48. The summed E-state index contributed by atoms with van der Waals surface area (Å²) >= 11 is 5.95. The topological polar surface area (TPSA) is 30.5 Å². The summed E-state index contributed by atoms with van der Waals surface area (Å²) in [6, 6.07) is 24.3. The zero-order chi connectivity index (χ0) is 19.1. The van der Waals surface area contributed by atoms with E-state index >= 15 is 0 Å². The van der Waals surface area contributed by atoms with Crippen LogP contribution in [-0.2, 0) is 13.2 Å². The van der Waals surface area contributed by atoms with Crippen LogP contribution in [0.15, 0.2) is 72.8 Å². The summed E-state index contributed by atoms with van der Waals surface area (Å²) in [6.07, 6.45) is 0. The molecule has 0 heterocycles. The zero-order valence-electron chi connectivity index (χ0n) is 15.6. The van der Waals surface area contributed by atoms with Crippen LogP contribution in [0.4, 0.5) is 0 Å². The highest BCUT2D eigenvalue weighted by atomic mass is 35.5. The lowest BCUT2D eigenvalue weighted by atomic mass is 10.1. The lowest BCUT2D eigenvalue weighted by Gasteiger charge is -2.18. The first kappa shape index (κ1) is 19.3. The van der Waals surface area contributed by atoms with Crippen LogP contribution in [0.1, 0.15) is 29.7 Å².